The van der Waals surface area contributed by atoms with Gasteiger partial charge in [-0.1, -0.05) is 347 Å². The number of aliphatic hydroxyl groups excluding tert-OH is 3. The van der Waals surface area contributed by atoms with Crippen molar-refractivity contribution in [1.29, 1.82) is 0 Å². The van der Waals surface area contributed by atoms with Crippen LogP contribution in [-0.4, -0.2) is 46.1 Å². The van der Waals surface area contributed by atoms with Gasteiger partial charge in [0.2, 0.25) is 5.91 Å². The molecule has 0 rings (SSSR count). The first-order chi connectivity index (χ1) is 33.1. The van der Waals surface area contributed by atoms with E-state index in [1.165, 1.54) is 302 Å². The molecule has 0 bridgehead atoms. The molecule has 0 fully saturated rings. The lowest BCUT2D eigenvalue weighted by molar-refractivity contribution is -0.131. The van der Waals surface area contributed by atoms with E-state index in [0.29, 0.717) is 6.42 Å². The predicted octanol–water partition coefficient (Wildman–Crippen LogP) is 19.5. The van der Waals surface area contributed by atoms with Crippen molar-refractivity contribution in [2.45, 2.75) is 372 Å². The number of carbonyl (C=O) groups excluding carboxylic acids is 1. The number of carbonyl (C=O) groups is 1. The zero-order valence-electron chi connectivity index (χ0n) is 45.8. The summed E-state index contributed by atoms with van der Waals surface area (Å²) in [6.45, 7) is 4.23. The summed E-state index contributed by atoms with van der Waals surface area (Å²) in [5.41, 5.74) is 0. The molecule has 1 amide bonds. The number of aliphatic hydroxyl groups is 3. The van der Waals surface area contributed by atoms with Gasteiger partial charge in [-0.05, 0) is 19.3 Å². The van der Waals surface area contributed by atoms with Gasteiger partial charge in [-0.15, -0.1) is 0 Å². The molecule has 400 valence electrons. The molecule has 0 aromatic carbocycles. The third-order valence-electron chi connectivity index (χ3n) is 14.9. The van der Waals surface area contributed by atoms with Crippen molar-refractivity contribution in [1.82, 2.24) is 5.32 Å². The third-order valence-corrected chi connectivity index (χ3v) is 14.9. The van der Waals surface area contributed by atoms with Crippen LogP contribution in [0.4, 0.5) is 0 Å². The van der Waals surface area contributed by atoms with Crippen LogP contribution in [0.2, 0.25) is 0 Å². The van der Waals surface area contributed by atoms with Gasteiger partial charge in [-0.3, -0.25) is 4.79 Å². The molecule has 0 aliphatic rings. The normalized spacial score (nSPS) is 13.2. The van der Waals surface area contributed by atoms with Crippen molar-refractivity contribution in [3.8, 4) is 0 Å². The quantitative estimate of drug-likeness (QED) is 0.0361. The third kappa shape index (κ3) is 52.7. The summed E-state index contributed by atoms with van der Waals surface area (Å²) in [6.07, 6.45) is 73.2. The van der Waals surface area contributed by atoms with Crippen molar-refractivity contribution < 1.29 is 20.1 Å². The highest BCUT2D eigenvalue weighted by molar-refractivity contribution is 5.80. The molecule has 0 saturated carbocycles. The predicted molar refractivity (Wildman–Crippen MR) is 296 cm³/mol. The van der Waals surface area contributed by atoms with Gasteiger partial charge in [0.05, 0.1) is 18.8 Å². The van der Waals surface area contributed by atoms with Crippen molar-refractivity contribution in [2.24, 2.45) is 0 Å². The average Bonchev–Trinajstić information content (AvgIpc) is 3.33. The fourth-order valence-electron chi connectivity index (χ4n) is 10.1. The number of nitrogens with one attached hydrogen (secondary N) is 1. The first-order valence-electron chi connectivity index (χ1n) is 31.0. The van der Waals surface area contributed by atoms with Gasteiger partial charge in [0.1, 0.15) is 6.10 Å². The Balaban J connectivity index is 3.48. The Labute approximate surface area is 420 Å². The average molecular weight is 947 g/mol. The Morgan fingerprint density at radius 3 is 0.821 bits per heavy atom. The van der Waals surface area contributed by atoms with E-state index in [9.17, 15) is 20.1 Å². The van der Waals surface area contributed by atoms with E-state index in [1.807, 2.05) is 6.08 Å². The second-order valence-electron chi connectivity index (χ2n) is 21.6. The molecule has 0 aromatic rings. The van der Waals surface area contributed by atoms with Gasteiger partial charge < -0.3 is 20.6 Å². The van der Waals surface area contributed by atoms with E-state index < -0.39 is 24.2 Å². The molecule has 0 spiro atoms. The Morgan fingerprint density at radius 2 is 0.582 bits per heavy atom. The van der Waals surface area contributed by atoms with Crippen LogP contribution >= 0.6 is 0 Å². The van der Waals surface area contributed by atoms with Crippen LogP contribution in [0, 0.1) is 0 Å². The first kappa shape index (κ1) is 66.1. The molecule has 3 unspecified atom stereocenters. The Bertz CT molecular complexity index is 956. The van der Waals surface area contributed by atoms with Crippen LogP contribution < -0.4 is 5.32 Å². The van der Waals surface area contributed by atoms with Gasteiger partial charge in [-0.2, -0.15) is 0 Å². The number of hydrogen-bond donors (Lipinski definition) is 4. The molecular formula is C62H123NO4. The highest BCUT2D eigenvalue weighted by Crippen LogP contribution is 2.19. The van der Waals surface area contributed by atoms with E-state index in [2.05, 4.69) is 19.2 Å². The molecule has 0 heterocycles. The van der Waals surface area contributed by atoms with Crippen molar-refractivity contribution >= 4 is 5.91 Å². The molecule has 0 radical (unpaired) electrons. The smallest absolute Gasteiger partial charge is 0.249 e. The van der Waals surface area contributed by atoms with Crippen LogP contribution in [0.3, 0.4) is 0 Å². The van der Waals surface area contributed by atoms with Gasteiger partial charge in [0.25, 0.3) is 0 Å². The number of rotatable bonds is 58. The maximum atomic E-state index is 12.6. The van der Waals surface area contributed by atoms with Crippen molar-refractivity contribution in [3.63, 3.8) is 0 Å². The molecule has 0 saturated heterocycles. The highest BCUT2D eigenvalue weighted by Gasteiger charge is 2.22. The summed E-state index contributed by atoms with van der Waals surface area (Å²) in [7, 11) is 0. The molecule has 0 aromatic heterocycles. The van der Waals surface area contributed by atoms with Crippen molar-refractivity contribution in [3.05, 3.63) is 12.2 Å². The van der Waals surface area contributed by atoms with Gasteiger partial charge >= 0.3 is 0 Å². The molecule has 0 aliphatic heterocycles. The van der Waals surface area contributed by atoms with Crippen LogP contribution in [0.5, 0.6) is 0 Å². The second kappa shape index (κ2) is 57.7. The molecule has 4 N–H and O–H groups in total. The lowest BCUT2D eigenvalue weighted by Gasteiger charge is -2.21. The van der Waals surface area contributed by atoms with Crippen molar-refractivity contribution in [2.75, 3.05) is 6.61 Å². The van der Waals surface area contributed by atoms with Gasteiger partial charge in [-0.25, -0.2) is 0 Å². The molecule has 3 atom stereocenters. The fourth-order valence-corrected chi connectivity index (χ4v) is 10.1. The summed E-state index contributed by atoms with van der Waals surface area (Å²) in [5, 5.41) is 33.4. The van der Waals surface area contributed by atoms with Gasteiger partial charge in [0, 0.05) is 0 Å². The fraction of sp³-hybridized carbons (Fsp3) is 0.952. The molecule has 0 aliphatic carbocycles. The summed E-state index contributed by atoms with van der Waals surface area (Å²) >= 11 is 0. The van der Waals surface area contributed by atoms with E-state index in [0.717, 1.165) is 32.1 Å². The number of allylic oxidation sites excluding steroid dienone is 1. The minimum Gasteiger partial charge on any atom is -0.394 e. The van der Waals surface area contributed by atoms with E-state index in [1.54, 1.807) is 6.08 Å². The monoisotopic (exact) mass is 946 g/mol. The second-order valence-corrected chi connectivity index (χ2v) is 21.6. The molecule has 5 heteroatoms. The number of hydrogen-bond acceptors (Lipinski definition) is 4. The minimum absolute atomic E-state index is 0.358. The summed E-state index contributed by atoms with van der Waals surface area (Å²) < 4.78 is 0. The summed E-state index contributed by atoms with van der Waals surface area (Å²) in [5.74, 6) is -0.494. The van der Waals surface area contributed by atoms with E-state index in [-0.39, 0.29) is 6.61 Å². The van der Waals surface area contributed by atoms with Gasteiger partial charge in [0.15, 0.2) is 0 Å². The molecule has 5 nitrogen and oxygen atoms in total. The van der Waals surface area contributed by atoms with Crippen LogP contribution in [0.1, 0.15) is 354 Å². The Hall–Kier alpha value is -0.910. The Kier molecular flexibility index (Phi) is 56.9. The SMILES string of the molecule is CCCCCCCCCCCCCCCCCCCCC/C=C/C(O)C(CO)NC(=O)C(O)CCCCCCCCCCCCCCCCCCCCCCCCCCCCCCCCCC. The lowest BCUT2D eigenvalue weighted by atomic mass is 10.0. The number of amides is 1. The molecular weight excluding hydrogens is 823 g/mol. The number of unbranched alkanes of at least 4 members (excludes halogenated alkanes) is 50. The molecule has 67 heavy (non-hydrogen) atoms. The van der Waals surface area contributed by atoms with E-state index >= 15 is 0 Å². The minimum atomic E-state index is -1.09. The van der Waals surface area contributed by atoms with E-state index in [4.69, 9.17) is 0 Å². The maximum absolute atomic E-state index is 12.6. The largest absolute Gasteiger partial charge is 0.394 e. The van der Waals surface area contributed by atoms with Crippen LogP contribution in [0.25, 0.3) is 0 Å². The lowest BCUT2D eigenvalue weighted by Crippen LogP contribution is -2.48. The zero-order chi connectivity index (χ0) is 48.6. The first-order valence-corrected chi connectivity index (χ1v) is 31.0. The summed E-state index contributed by atoms with van der Waals surface area (Å²) in [6, 6.07) is -0.795. The topological polar surface area (TPSA) is 89.8 Å². The highest BCUT2D eigenvalue weighted by atomic mass is 16.3. The Morgan fingerprint density at radius 1 is 0.358 bits per heavy atom. The zero-order valence-corrected chi connectivity index (χ0v) is 45.8. The summed E-state index contributed by atoms with van der Waals surface area (Å²) in [4.78, 5) is 12.6. The maximum Gasteiger partial charge on any atom is 0.249 e. The standard InChI is InChI=1S/C62H123NO4/c1-3-5-7-9-11-13-15-17-19-21-23-25-26-27-28-29-30-31-32-33-34-35-37-39-41-43-45-47-49-51-53-55-57-61(66)62(67)63-59(58-64)60(65)56-54-52-50-48-46-44-42-40-38-36-24-22-20-18-16-14-12-10-8-6-4-2/h54,56,59-61,64-66H,3-53,55,57-58H2,1-2H3,(H,63,67)/b56-54+. The van der Waals surface area contributed by atoms with Crippen LogP contribution in [-0.2, 0) is 4.79 Å². The van der Waals surface area contributed by atoms with Crippen LogP contribution in [0.15, 0.2) is 12.2 Å².